The fourth-order valence-corrected chi connectivity index (χ4v) is 2.52. The molecule has 2 heterocycles. The maximum Gasteiger partial charge on any atom is 0.223 e. The molecule has 112 valence electrons. The maximum atomic E-state index is 5.71. The average Bonchev–Trinajstić information content (AvgIpc) is 2.55. The quantitative estimate of drug-likeness (QED) is 0.864. The molecule has 0 radical (unpaired) electrons. The van der Waals surface area contributed by atoms with Crippen LogP contribution in [0.4, 0.5) is 5.82 Å². The summed E-state index contributed by atoms with van der Waals surface area (Å²) in [4.78, 5) is 6.90. The summed E-state index contributed by atoms with van der Waals surface area (Å²) in [5.74, 6) is 2.45. The summed E-state index contributed by atoms with van der Waals surface area (Å²) in [6.45, 7) is 5.75. The van der Waals surface area contributed by atoms with E-state index in [-0.39, 0.29) is 0 Å². The SMILES string of the molecule is CCOc1nc(N2CCOCC2)cc2cc(OC)ccc12. The highest BCUT2D eigenvalue weighted by Crippen LogP contribution is 2.31. The fraction of sp³-hybridized carbons (Fsp3) is 0.438. The van der Waals surface area contributed by atoms with E-state index in [1.54, 1.807) is 7.11 Å². The Morgan fingerprint density at radius 3 is 2.76 bits per heavy atom. The Balaban J connectivity index is 2.07. The lowest BCUT2D eigenvalue weighted by Gasteiger charge is -2.28. The van der Waals surface area contributed by atoms with E-state index in [0.29, 0.717) is 12.5 Å². The second kappa shape index (κ2) is 6.18. The largest absolute Gasteiger partial charge is 0.497 e. The minimum atomic E-state index is 0.598. The monoisotopic (exact) mass is 288 g/mol. The minimum absolute atomic E-state index is 0.598. The van der Waals surface area contributed by atoms with E-state index in [0.717, 1.165) is 48.6 Å². The van der Waals surface area contributed by atoms with Crippen molar-refractivity contribution in [2.45, 2.75) is 6.92 Å². The Morgan fingerprint density at radius 2 is 2.05 bits per heavy atom. The summed E-state index contributed by atoms with van der Waals surface area (Å²) in [6.07, 6.45) is 0. The van der Waals surface area contributed by atoms with E-state index in [4.69, 9.17) is 14.2 Å². The molecular formula is C16H20N2O3. The highest BCUT2D eigenvalue weighted by molar-refractivity contribution is 5.90. The van der Waals surface area contributed by atoms with Crippen LogP contribution in [0.25, 0.3) is 10.8 Å². The van der Waals surface area contributed by atoms with Gasteiger partial charge < -0.3 is 19.1 Å². The summed E-state index contributed by atoms with van der Waals surface area (Å²) in [6, 6.07) is 8.03. The Hall–Kier alpha value is -2.01. The first-order valence-electron chi connectivity index (χ1n) is 7.26. The van der Waals surface area contributed by atoms with Gasteiger partial charge in [-0.05, 0) is 36.6 Å². The van der Waals surface area contributed by atoms with Crippen molar-refractivity contribution in [1.82, 2.24) is 4.98 Å². The third kappa shape index (κ3) is 2.88. The molecule has 2 aromatic rings. The van der Waals surface area contributed by atoms with Crippen molar-refractivity contribution in [2.75, 3.05) is 44.9 Å². The molecule has 21 heavy (non-hydrogen) atoms. The number of methoxy groups -OCH3 is 1. The number of nitrogens with zero attached hydrogens (tertiary/aromatic N) is 2. The van der Waals surface area contributed by atoms with Gasteiger partial charge >= 0.3 is 0 Å². The van der Waals surface area contributed by atoms with Crippen molar-refractivity contribution in [3.63, 3.8) is 0 Å². The normalized spacial score (nSPS) is 15.2. The third-order valence-corrected chi connectivity index (χ3v) is 3.61. The van der Waals surface area contributed by atoms with Gasteiger partial charge in [0.1, 0.15) is 11.6 Å². The van der Waals surface area contributed by atoms with Gasteiger partial charge in [0.15, 0.2) is 0 Å². The standard InChI is InChI=1S/C16H20N2O3/c1-3-21-16-14-5-4-13(19-2)10-12(14)11-15(17-16)18-6-8-20-9-7-18/h4-5,10-11H,3,6-9H2,1-2H3. The molecule has 1 aliphatic heterocycles. The highest BCUT2D eigenvalue weighted by atomic mass is 16.5. The lowest BCUT2D eigenvalue weighted by Crippen LogP contribution is -2.36. The summed E-state index contributed by atoms with van der Waals surface area (Å²) >= 11 is 0. The second-order valence-corrected chi connectivity index (χ2v) is 4.91. The Morgan fingerprint density at radius 1 is 1.24 bits per heavy atom. The predicted molar refractivity (Wildman–Crippen MR) is 82.5 cm³/mol. The molecule has 0 atom stereocenters. The van der Waals surface area contributed by atoms with Crippen LogP contribution in [0.3, 0.4) is 0 Å². The van der Waals surface area contributed by atoms with E-state index in [2.05, 4.69) is 16.0 Å². The molecule has 1 aliphatic rings. The average molecular weight is 288 g/mol. The second-order valence-electron chi connectivity index (χ2n) is 4.91. The number of pyridine rings is 1. The molecule has 0 N–H and O–H groups in total. The lowest BCUT2D eigenvalue weighted by atomic mass is 10.1. The van der Waals surface area contributed by atoms with E-state index >= 15 is 0 Å². The summed E-state index contributed by atoms with van der Waals surface area (Å²) < 4.78 is 16.4. The molecule has 3 rings (SSSR count). The van der Waals surface area contributed by atoms with Gasteiger partial charge in [-0.15, -0.1) is 0 Å². The number of fused-ring (bicyclic) bond motifs is 1. The predicted octanol–water partition coefficient (Wildman–Crippen LogP) is 2.48. The smallest absolute Gasteiger partial charge is 0.223 e. The number of aromatic nitrogens is 1. The molecule has 0 saturated carbocycles. The third-order valence-electron chi connectivity index (χ3n) is 3.61. The fourth-order valence-electron chi connectivity index (χ4n) is 2.52. The van der Waals surface area contributed by atoms with Crippen LogP contribution in [0.1, 0.15) is 6.92 Å². The summed E-state index contributed by atoms with van der Waals surface area (Å²) in [5, 5.41) is 2.09. The molecule has 1 fully saturated rings. The Bertz CT molecular complexity index is 624. The number of rotatable bonds is 4. The van der Waals surface area contributed by atoms with Crippen molar-refractivity contribution >= 4 is 16.6 Å². The van der Waals surface area contributed by atoms with Crippen molar-refractivity contribution in [3.05, 3.63) is 24.3 Å². The first kappa shape index (κ1) is 13.9. The van der Waals surface area contributed by atoms with Crippen LogP contribution < -0.4 is 14.4 Å². The number of morpholine rings is 1. The van der Waals surface area contributed by atoms with E-state index in [1.165, 1.54) is 0 Å². The van der Waals surface area contributed by atoms with Crippen molar-refractivity contribution < 1.29 is 14.2 Å². The zero-order valence-corrected chi connectivity index (χ0v) is 12.5. The summed E-state index contributed by atoms with van der Waals surface area (Å²) in [5.41, 5.74) is 0. The molecule has 0 aliphatic carbocycles. The topological polar surface area (TPSA) is 43.8 Å². The Labute approximate surface area is 124 Å². The molecule has 0 bridgehead atoms. The molecule has 1 saturated heterocycles. The van der Waals surface area contributed by atoms with E-state index in [1.807, 2.05) is 25.1 Å². The van der Waals surface area contributed by atoms with Crippen LogP contribution in [-0.4, -0.2) is 45.0 Å². The maximum absolute atomic E-state index is 5.71. The van der Waals surface area contributed by atoms with Crippen LogP contribution in [0.15, 0.2) is 24.3 Å². The van der Waals surface area contributed by atoms with Gasteiger partial charge in [0.05, 0.1) is 26.9 Å². The van der Waals surface area contributed by atoms with E-state index < -0.39 is 0 Å². The molecule has 1 aromatic heterocycles. The molecule has 1 aromatic carbocycles. The number of benzene rings is 1. The number of ether oxygens (including phenoxy) is 3. The summed E-state index contributed by atoms with van der Waals surface area (Å²) in [7, 11) is 1.68. The van der Waals surface area contributed by atoms with Crippen LogP contribution in [0.2, 0.25) is 0 Å². The molecular weight excluding hydrogens is 268 g/mol. The van der Waals surface area contributed by atoms with Gasteiger partial charge in [-0.25, -0.2) is 0 Å². The molecule has 0 spiro atoms. The van der Waals surface area contributed by atoms with Gasteiger partial charge in [-0.3, -0.25) is 0 Å². The van der Waals surface area contributed by atoms with Gasteiger partial charge in [0, 0.05) is 18.5 Å². The van der Waals surface area contributed by atoms with Crippen LogP contribution in [0, 0.1) is 0 Å². The zero-order valence-electron chi connectivity index (χ0n) is 12.5. The van der Waals surface area contributed by atoms with Crippen LogP contribution >= 0.6 is 0 Å². The van der Waals surface area contributed by atoms with Gasteiger partial charge in [-0.2, -0.15) is 4.98 Å². The van der Waals surface area contributed by atoms with Gasteiger partial charge in [0.2, 0.25) is 5.88 Å². The number of hydrogen-bond acceptors (Lipinski definition) is 5. The van der Waals surface area contributed by atoms with Crippen molar-refractivity contribution in [1.29, 1.82) is 0 Å². The Kier molecular flexibility index (Phi) is 4.10. The number of hydrogen-bond donors (Lipinski definition) is 0. The van der Waals surface area contributed by atoms with Gasteiger partial charge in [0.25, 0.3) is 0 Å². The van der Waals surface area contributed by atoms with Crippen LogP contribution in [-0.2, 0) is 4.74 Å². The molecule has 0 unspecified atom stereocenters. The van der Waals surface area contributed by atoms with Crippen molar-refractivity contribution in [3.8, 4) is 11.6 Å². The highest BCUT2D eigenvalue weighted by Gasteiger charge is 2.16. The van der Waals surface area contributed by atoms with Crippen LogP contribution in [0.5, 0.6) is 11.6 Å². The molecule has 0 amide bonds. The molecule has 5 nitrogen and oxygen atoms in total. The number of anilines is 1. The first-order valence-corrected chi connectivity index (χ1v) is 7.26. The minimum Gasteiger partial charge on any atom is -0.497 e. The zero-order chi connectivity index (χ0) is 14.7. The van der Waals surface area contributed by atoms with Gasteiger partial charge in [-0.1, -0.05) is 0 Å². The van der Waals surface area contributed by atoms with Crippen molar-refractivity contribution in [2.24, 2.45) is 0 Å². The first-order chi connectivity index (χ1) is 10.3. The molecule has 5 heteroatoms. The lowest BCUT2D eigenvalue weighted by molar-refractivity contribution is 0.122. The van der Waals surface area contributed by atoms with E-state index in [9.17, 15) is 0 Å².